The minimum atomic E-state index is -1.06. The van der Waals surface area contributed by atoms with E-state index in [2.05, 4.69) is 5.32 Å². The molecule has 0 fully saturated rings. The highest BCUT2D eigenvalue weighted by atomic mass is 19.2. The van der Waals surface area contributed by atoms with Gasteiger partial charge in [-0.25, -0.2) is 13.6 Å². The quantitative estimate of drug-likeness (QED) is 0.673. The summed E-state index contributed by atoms with van der Waals surface area (Å²) in [4.78, 5) is 23.2. The maximum absolute atomic E-state index is 13.1. The Labute approximate surface area is 113 Å². The number of carbonyl (C=O) groups excluding carboxylic acids is 2. The van der Waals surface area contributed by atoms with Crippen LogP contribution < -0.4 is 5.32 Å². The largest absolute Gasteiger partial charge is 0.470 e. The van der Waals surface area contributed by atoms with E-state index < -0.39 is 23.4 Å². The molecule has 1 aliphatic heterocycles. The fourth-order valence-corrected chi connectivity index (χ4v) is 1.62. The summed E-state index contributed by atoms with van der Waals surface area (Å²) in [5.74, 6) is -3.54. The van der Waals surface area contributed by atoms with Crippen LogP contribution in [0.3, 0.4) is 0 Å². The van der Waals surface area contributed by atoms with Crippen LogP contribution in [0.5, 0.6) is 0 Å². The van der Waals surface area contributed by atoms with Gasteiger partial charge in [0.15, 0.2) is 23.8 Å². The third-order valence-electron chi connectivity index (χ3n) is 2.51. The number of ketones is 1. The Bertz CT molecular complexity index is 598. The Morgan fingerprint density at radius 3 is 2.80 bits per heavy atom. The second kappa shape index (κ2) is 5.68. The van der Waals surface area contributed by atoms with Crippen molar-refractivity contribution in [1.82, 2.24) is 0 Å². The van der Waals surface area contributed by atoms with Crippen LogP contribution >= 0.6 is 0 Å². The normalized spacial score (nSPS) is 14.2. The number of Topliss-reactive ketones (excluding diaryl/α,β-unsaturated/α-hetero) is 1. The topological polar surface area (TPSA) is 64.6 Å². The summed E-state index contributed by atoms with van der Waals surface area (Å²) in [6.07, 6.45) is 0. The molecule has 1 aliphatic rings. The highest BCUT2D eigenvalue weighted by molar-refractivity contribution is 6.19. The number of halogens is 2. The molecule has 0 atom stereocenters. The van der Waals surface area contributed by atoms with Crippen molar-refractivity contribution in [2.45, 2.75) is 6.92 Å². The smallest absolute Gasteiger partial charge is 0.347 e. The lowest BCUT2D eigenvalue weighted by Crippen LogP contribution is -2.16. The van der Waals surface area contributed by atoms with Crippen molar-refractivity contribution >= 4 is 17.4 Å². The first-order valence-corrected chi connectivity index (χ1v) is 5.82. The van der Waals surface area contributed by atoms with Crippen LogP contribution in [0.25, 0.3) is 0 Å². The summed E-state index contributed by atoms with van der Waals surface area (Å²) in [5.41, 5.74) is -0.119. The van der Waals surface area contributed by atoms with Crippen molar-refractivity contribution in [3.05, 3.63) is 41.3 Å². The van der Waals surface area contributed by atoms with Gasteiger partial charge in [-0.1, -0.05) is 0 Å². The number of nitrogens with one attached hydrogen (secondary N) is 1. The van der Waals surface area contributed by atoms with Crippen molar-refractivity contribution in [3.8, 4) is 0 Å². The van der Waals surface area contributed by atoms with E-state index in [0.717, 1.165) is 12.1 Å². The summed E-state index contributed by atoms with van der Waals surface area (Å²) in [6, 6.07) is 3.05. The molecule has 0 unspecified atom stereocenters. The standard InChI is InChI=1S/C13H11F2NO4/c1-2-19-13(18)11-10(17)6-20-12(11)16-7-3-4-8(14)9(15)5-7/h3-5,16H,2,6H2,1H3. The van der Waals surface area contributed by atoms with Gasteiger partial charge in [-0.3, -0.25) is 4.79 Å². The Balaban J connectivity index is 2.27. The van der Waals surface area contributed by atoms with Crippen LogP contribution in [-0.2, 0) is 19.1 Å². The Morgan fingerprint density at radius 2 is 2.15 bits per heavy atom. The first-order valence-electron chi connectivity index (χ1n) is 5.82. The van der Waals surface area contributed by atoms with Gasteiger partial charge in [0.25, 0.3) is 0 Å². The van der Waals surface area contributed by atoms with Crippen LogP contribution in [0.2, 0.25) is 0 Å². The molecular weight excluding hydrogens is 272 g/mol. The van der Waals surface area contributed by atoms with Crippen LogP contribution in [0.4, 0.5) is 14.5 Å². The molecule has 0 saturated carbocycles. The van der Waals surface area contributed by atoms with Crippen LogP contribution in [-0.4, -0.2) is 25.0 Å². The predicted octanol–water partition coefficient (Wildman–Crippen LogP) is 1.75. The monoisotopic (exact) mass is 283 g/mol. The molecule has 7 heteroatoms. The zero-order valence-electron chi connectivity index (χ0n) is 10.5. The molecule has 1 aromatic carbocycles. The molecule has 0 radical (unpaired) electrons. The average molecular weight is 283 g/mol. The molecule has 0 aliphatic carbocycles. The van der Waals surface area contributed by atoms with E-state index in [1.807, 2.05) is 0 Å². The molecule has 1 N–H and O–H groups in total. The van der Waals surface area contributed by atoms with Gasteiger partial charge in [0, 0.05) is 11.8 Å². The lowest BCUT2D eigenvalue weighted by Gasteiger charge is -2.08. The minimum Gasteiger partial charge on any atom is -0.470 e. The van der Waals surface area contributed by atoms with E-state index in [1.54, 1.807) is 6.92 Å². The predicted molar refractivity (Wildman–Crippen MR) is 64.6 cm³/mol. The molecule has 2 rings (SSSR count). The van der Waals surface area contributed by atoms with Gasteiger partial charge in [0.1, 0.15) is 0 Å². The van der Waals surface area contributed by atoms with Gasteiger partial charge in [-0.15, -0.1) is 0 Å². The minimum absolute atomic E-state index is 0.105. The Kier molecular flexibility index (Phi) is 3.97. The van der Waals surface area contributed by atoms with E-state index in [-0.39, 0.29) is 30.4 Å². The van der Waals surface area contributed by atoms with Crippen molar-refractivity contribution in [2.24, 2.45) is 0 Å². The van der Waals surface area contributed by atoms with Crippen LogP contribution in [0.15, 0.2) is 29.7 Å². The van der Waals surface area contributed by atoms with Gasteiger partial charge in [-0.2, -0.15) is 0 Å². The molecule has 0 spiro atoms. The molecule has 1 heterocycles. The highest BCUT2D eigenvalue weighted by Gasteiger charge is 2.32. The maximum atomic E-state index is 13.1. The second-order valence-electron chi connectivity index (χ2n) is 3.89. The number of hydrogen-bond acceptors (Lipinski definition) is 5. The Hall–Kier alpha value is -2.44. The average Bonchev–Trinajstić information content (AvgIpc) is 2.75. The maximum Gasteiger partial charge on any atom is 0.347 e. The van der Waals surface area contributed by atoms with Gasteiger partial charge in [0.05, 0.1) is 6.61 Å². The van der Waals surface area contributed by atoms with E-state index in [9.17, 15) is 18.4 Å². The molecule has 0 bridgehead atoms. The van der Waals surface area contributed by atoms with Crippen molar-refractivity contribution in [2.75, 3.05) is 18.5 Å². The van der Waals surface area contributed by atoms with Gasteiger partial charge < -0.3 is 14.8 Å². The van der Waals surface area contributed by atoms with Gasteiger partial charge in [0.2, 0.25) is 11.7 Å². The number of carbonyl (C=O) groups is 2. The molecule has 0 saturated heterocycles. The summed E-state index contributed by atoms with van der Waals surface area (Å²) < 4.78 is 35.6. The Morgan fingerprint density at radius 1 is 1.40 bits per heavy atom. The number of anilines is 1. The fraction of sp³-hybridized carbons (Fsp3) is 0.231. The molecule has 0 aromatic heterocycles. The molecule has 5 nitrogen and oxygen atoms in total. The SMILES string of the molecule is CCOC(=O)C1=C(Nc2ccc(F)c(F)c2)OCC1=O. The third kappa shape index (κ3) is 2.76. The van der Waals surface area contributed by atoms with E-state index >= 15 is 0 Å². The number of hydrogen-bond donors (Lipinski definition) is 1. The zero-order valence-corrected chi connectivity index (χ0v) is 10.5. The summed E-state index contributed by atoms with van der Waals surface area (Å²) >= 11 is 0. The van der Waals surface area contributed by atoms with Crippen LogP contribution in [0, 0.1) is 11.6 Å². The van der Waals surface area contributed by atoms with Crippen molar-refractivity contribution in [1.29, 1.82) is 0 Å². The van der Waals surface area contributed by atoms with Crippen molar-refractivity contribution < 1.29 is 27.8 Å². The van der Waals surface area contributed by atoms with E-state index in [0.29, 0.717) is 0 Å². The van der Waals surface area contributed by atoms with Crippen molar-refractivity contribution in [3.63, 3.8) is 0 Å². The van der Waals surface area contributed by atoms with Gasteiger partial charge in [-0.05, 0) is 19.1 Å². The molecule has 20 heavy (non-hydrogen) atoms. The molecule has 106 valence electrons. The second-order valence-corrected chi connectivity index (χ2v) is 3.89. The van der Waals surface area contributed by atoms with E-state index in [4.69, 9.17) is 9.47 Å². The molecule has 1 aromatic rings. The lowest BCUT2D eigenvalue weighted by atomic mass is 10.2. The summed E-state index contributed by atoms with van der Waals surface area (Å²) in [7, 11) is 0. The highest BCUT2D eigenvalue weighted by Crippen LogP contribution is 2.22. The van der Waals surface area contributed by atoms with E-state index in [1.165, 1.54) is 6.07 Å². The number of rotatable bonds is 4. The third-order valence-corrected chi connectivity index (χ3v) is 2.51. The molecule has 0 amide bonds. The summed E-state index contributed by atoms with van der Waals surface area (Å²) in [6.45, 7) is 1.40. The zero-order chi connectivity index (χ0) is 14.7. The fourth-order valence-electron chi connectivity index (χ4n) is 1.62. The van der Waals surface area contributed by atoms with Crippen LogP contribution in [0.1, 0.15) is 6.92 Å². The lowest BCUT2D eigenvalue weighted by molar-refractivity contribution is -0.139. The van der Waals surface area contributed by atoms with Gasteiger partial charge >= 0.3 is 5.97 Å². The molecular formula is C13H11F2NO4. The first kappa shape index (κ1) is 14.0. The first-order chi connectivity index (χ1) is 9.52. The number of ether oxygens (including phenoxy) is 2. The summed E-state index contributed by atoms with van der Waals surface area (Å²) in [5, 5.41) is 2.56. The number of esters is 1. The number of benzene rings is 1.